The molecule has 0 radical (unpaired) electrons. The maximum absolute atomic E-state index is 11.3. The number of nitrogens with one attached hydrogen (secondary N) is 2. The highest BCUT2D eigenvalue weighted by Gasteiger charge is 2.07. The summed E-state index contributed by atoms with van der Waals surface area (Å²) in [7, 11) is 0. The van der Waals surface area contributed by atoms with Crippen LogP contribution in [0.15, 0.2) is 0 Å². The predicted molar refractivity (Wildman–Crippen MR) is 57.1 cm³/mol. The zero-order valence-electron chi connectivity index (χ0n) is 9.34. The minimum atomic E-state index is -0.346. The second-order valence-electron chi connectivity index (χ2n) is 3.65. The van der Waals surface area contributed by atoms with Gasteiger partial charge in [-0.3, -0.25) is 4.79 Å². The smallest absolute Gasteiger partial charge is 0.221 e. The molecule has 3 N–H and O–H groups in total. The number of hydrogen-bond donors (Lipinski definition) is 3. The van der Waals surface area contributed by atoms with Gasteiger partial charge >= 0.3 is 0 Å². The van der Waals surface area contributed by atoms with Crippen molar-refractivity contribution >= 4 is 5.91 Å². The van der Waals surface area contributed by atoms with E-state index in [1.165, 1.54) is 0 Å². The molecule has 0 fully saturated rings. The Morgan fingerprint density at radius 1 is 1.43 bits per heavy atom. The zero-order chi connectivity index (χ0) is 11.0. The second-order valence-corrected chi connectivity index (χ2v) is 3.65. The van der Waals surface area contributed by atoms with Crippen LogP contribution in [0.1, 0.15) is 33.6 Å². The minimum absolute atomic E-state index is 0.0408. The Kier molecular flexibility index (Phi) is 7.42. The molecule has 0 rings (SSSR count). The summed E-state index contributed by atoms with van der Waals surface area (Å²) in [5.74, 6) is 0.0408. The summed E-state index contributed by atoms with van der Waals surface area (Å²) < 4.78 is 0. The van der Waals surface area contributed by atoms with Gasteiger partial charge < -0.3 is 15.7 Å². The van der Waals surface area contributed by atoms with E-state index in [0.717, 1.165) is 6.54 Å². The van der Waals surface area contributed by atoms with Gasteiger partial charge in [0.25, 0.3) is 0 Å². The third kappa shape index (κ3) is 8.01. The molecule has 0 heterocycles. The van der Waals surface area contributed by atoms with Gasteiger partial charge in [0.1, 0.15) is 0 Å². The van der Waals surface area contributed by atoms with Crippen LogP contribution in [0, 0.1) is 0 Å². The summed E-state index contributed by atoms with van der Waals surface area (Å²) in [4.78, 5) is 11.3. The first kappa shape index (κ1) is 13.4. The van der Waals surface area contributed by atoms with Crippen molar-refractivity contribution in [1.29, 1.82) is 0 Å². The van der Waals surface area contributed by atoms with Crippen LogP contribution < -0.4 is 10.6 Å². The number of carbonyl (C=O) groups excluding carboxylic acids is 1. The van der Waals surface area contributed by atoms with Gasteiger partial charge in [-0.05, 0) is 26.8 Å². The second kappa shape index (κ2) is 7.76. The number of carbonyl (C=O) groups is 1. The summed E-state index contributed by atoms with van der Waals surface area (Å²) in [6, 6.07) is 0.214. The fraction of sp³-hybridized carbons (Fsp3) is 0.900. The molecule has 0 spiro atoms. The SMILES string of the molecule is CCNC(C)CC(=O)NCCC(C)O. The van der Waals surface area contributed by atoms with E-state index >= 15 is 0 Å². The average molecular weight is 202 g/mol. The Balaban J connectivity index is 3.45. The molecule has 0 aromatic heterocycles. The van der Waals surface area contributed by atoms with Crippen molar-refractivity contribution in [2.24, 2.45) is 0 Å². The van der Waals surface area contributed by atoms with E-state index in [4.69, 9.17) is 5.11 Å². The van der Waals surface area contributed by atoms with E-state index < -0.39 is 0 Å². The Hall–Kier alpha value is -0.610. The quantitative estimate of drug-likeness (QED) is 0.555. The van der Waals surface area contributed by atoms with Crippen LogP contribution in [0.5, 0.6) is 0 Å². The molecular weight excluding hydrogens is 180 g/mol. The van der Waals surface area contributed by atoms with Gasteiger partial charge in [0.2, 0.25) is 5.91 Å². The lowest BCUT2D eigenvalue weighted by molar-refractivity contribution is -0.121. The molecule has 1 amide bonds. The van der Waals surface area contributed by atoms with E-state index in [-0.39, 0.29) is 18.1 Å². The predicted octanol–water partition coefficient (Wildman–Crippen LogP) is 0.262. The lowest BCUT2D eigenvalue weighted by atomic mass is 10.2. The Bertz CT molecular complexity index is 160. The van der Waals surface area contributed by atoms with Crippen LogP contribution in [-0.4, -0.2) is 36.2 Å². The topological polar surface area (TPSA) is 61.4 Å². The molecule has 0 aliphatic heterocycles. The van der Waals surface area contributed by atoms with E-state index in [1.807, 2.05) is 13.8 Å². The molecule has 84 valence electrons. The summed E-state index contributed by atoms with van der Waals surface area (Å²) in [5, 5.41) is 14.9. The molecule has 0 saturated carbocycles. The summed E-state index contributed by atoms with van der Waals surface area (Å²) in [6.45, 7) is 7.14. The average Bonchev–Trinajstić information content (AvgIpc) is 2.03. The van der Waals surface area contributed by atoms with Gasteiger partial charge in [-0.1, -0.05) is 6.92 Å². The molecule has 0 bridgehead atoms. The molecule has 0 aromatic rings. The van der Waals surface area contributed by atoms with Gasteiger partial charge in [0.05, 0.1) is 6.10 Å². The number of hydrogen-bond acceptors (Lipinski definition) is 3. The Morgan fingerprint density at radius 3 is 2.57 bits per heavy atom. The van der Waals surface area contributed by atoms with Gasteiger partial charge in [-0.2, -0.15) is 0 Å². The van der Waals surface area contributed by atoms with E-state index in [9.17, 15) is 4.79 Å². The highest BCUT2D eigenvalue weighted by Crippen LogP contribution is 1.91. The number of aliphatic hydroxyl groups excluding tert-OH is 1. The van der Waals surface area contributed by atoms with Crippen molar-refractivity contribution in [3.05, 3.63) is 0 Å². The van der Waals surface area contributed by atoms with E-state index in [1.54, 1.807) is 6.92 Å². The molecule has 4 nitrogen and oxygen atoms in total. The maximum atomic E-state index is 11.3. The molecule has 2 atom stereocenters. The first-order valence-corrected chi connectivity index (χ1v) is 5.24. The van der Waals surface area contributed by atoms with Gasteiger partial charge in [-0.15, -0.1) is 0 Å². The number of amides is 1. The molecule has 4 heteroatoms. The van der Waals surface area contributed by atoms with Crippen LogP contribution in [0.2, 0.25) is 0 Å². The lowest BCUT2D eigenvalue weighted by Gasteiger charge is -2.12. The van der Waals surface area contributed by atoms with Crippen molar-refractivity contribution < 1.29 is 9.90 Å². The standard InChI is InChI=1S/C10H22N2O2/c1-4-11-8(2)7-10(14)12-6-5-9(3)13/h8-9,11,13H,4-7H2,1-3H3,(H,12,14). The van der Waals surface area contributed by atoms with Crippen molar-refractivity contribution in [2.75, 3.05) is 13.1 Å². The molecule has 0 aliphatic carbocycles. The number of rotatable bonds is 7. The lowest BCUT2D eigenvalue weighted by Crippen LogP contribution is -2.34. The van der Waals surface area contributed by atoms with Crippen molar-refractivity contribution in [2.45, 2.75) is 45.8 Å². The summed E-state index contributed by atoms with van der Waals surface area (Å²) >= 11 is 0. The van der Waals surface area contributed by atoms with Gasteiger partial charge in [-0.25, -0.2) is 0 Å². The summed E-state index contributed by atoms with van der Waals surface area (Å²) in [5.41, 5.74) is 0. The molecule has 0 aliphatic rings. The van der Waals surface area contributed by atoms with E-state index in [0.29, 0.717) is 19.4 Å². The van der Waals surface area contributed by atoms with Gasteiger partial charge in [0, 0.05) is 19.0 Å². The largest absolute Gasteiger partial charge is 0.393 e. The van der Waals surface area contributed by atoms with Crippen LogP contribution in [0.25, 0.3) is 0 Å². The van der Waals surface area contributed by atoms with E-state index in [2.05, 4.69) is 10.6 Å². The first-order valence-electron chi connectivity index (χ1n) is 5.24. The molecule has 2 unspecified atom stereocenters. The molecule has 14 heavy (non-hydrogen) atoms. The molecule has 0 aromatic carbocycles. The molecule has 0 saturated heterocycles. The number of aliphatic hydroxyl groups is 1. The van der Waals surface area contributed by atoms with Crippen molar-refractivity contribution in [3.63, 3.8) is 0 Å². The monoisotopic (exact) mass is 202 g/mol. The maximum Gasteiger partial charge on any atom is 0.221 e. The van der Waals surface area contributed by atoms with Crippen molar-refractivity contribution in [3.8, 4) is 0 Å². The Labute approximate surface area is 86.1 Å². The fourth-order valence-corrected chi connectivity index (χ4v) is 1.19. The first-order chi connectivity index (χ1) is 6.56. The minimum Gasteiger partial charge on any atom is -0.393 e. The highest BCUT2D eigenvalue weighted by atomic mass is 16.3. The third-order valence-electron chi connectivity index (χ3n) is 1.93. The summed E-state index contributed by atoms with van der Waals surface area (Å²) in [6.07, 6.45) is 0.760. The third-order valence-corrected chi connectivity index (χ3v) is 1.93. The molecular formula is C10H22N2O2. The normalized spacial score (nSPS) is 14.9. The highest BCUT2D eigenvalue weighted by molar-refractivity contribution is 5.76. The zero-order valence-corrected chi connectivity index (χ0v) is 9.34. The Morgan fingerprint density at radius 2 is 2.07 bits per heavy atom. The van der Waals surface area contributed by atoms with Gasteiger partial charge in [0.15, 0.2) is 0 Å². The van der Waals surface area contributed by atoms with Crippen molar-refractivity contribution in [1.82, 2.24) is 10.6 Å². The van der Waals surface area contributed by atoms with Crippen LogP contribution in [0.4, 0.5) is 0 Å². The van der Waals surface area contributed by atoms with Crippen LogP contribution in [-0.2, 0) is 4.79 Å². The van der Waals surface area contributed by atoms with Crippen LogP contribution in [0.3, 0.4) is 0 Å². The van der Waals surface area contributed by atoms with Crippen LogP contribution >= 0.6 is 0 Å². The fourth-order valence-electron chi connectivity index (χ4n) is 1.19.